The predicted octanol–water partition coefficient (Wildman–Crippen LogP) is 1.20. The van der Waals surface area contributed by atoms with Gasteiger partial charge in [0.1, 0.15) is 0 Å². The zero-order valence-corrected chi connectivity index (χ0v) is 6.30. The zero-order chi connectivity index (χ0) is 7.90. The van der Waals surface area contributed by atoms with Gasteiger partial charge in [-0.1, -0.05) is 6.92 Å². The molecule has 2 heteroatoms. The van der Waals surface area contributed by atoms with Crippen molar-refractivity contribution in [2.45, 2.75) is 31.9 Å². The molecule has 0 aromatic carbocycles. The predicted molar refractivity (Wildman–Crippen MR) is 37.9 cm³/mol. The Morgan fingerprint density at radius 2 is 2.50 bits per heavy atom. The Morgan fingerprint density at radius 3 is 3.10 bits per heavy atom. The van der Waals surface area contributed by atoms with Gasteiger partial charge in [-0.2, -0.15) is 0 Å². The van der Waals surface area contributed by atoms with Crippen molar-refractivity contribution in [3.8, 4) is 0 Å². The lowest BCUT2D eigenvalue weighted by atomic mass is 9.86. The minimum absolute atomic E-state index is 0.103. The highest BCUT2D eigenvalue weighted by atomic mass is 16.6. The highest BCUT2D eigenvalue weighted by Crippen LogP contribution is 2.43. The first kappa shape index (κ1) is 5.56. The summed E-state index contributed by atoms with van der Waals surface area (Å²) >= 11 is 0. The summed E-state index contributed by atoms with van der Waals surface area (Å²) in [6.07, 6.45) is 1.12. The van der Waals surface area contributed by atoms with E-state index >= 15 is 0 Å². The minimum atomic E-state index is 0.103. The molecule has 0 saturated carbocycles. The summed E-state index contributed by atoms with van der Waals surface area (Å²) in [5, 5.41) is 0. The quantitative estimate of drug-likeness (QED) is 0.475. The van der Waals surface area contributed by atoms with Crippen molar-refractivity contribution in [2.24, 2.45) is 5.92 Å². The monoisotopic (exact) mass is 143 g/mol. The Labute approximate surface area is 62.9 Å². The third-order valence-corrected chi connectivity index (χ3v) is 2.76. The summed E-state index contributed by atoms with van der Waals surface area (Å²) in [7, 11) is 0. The number of ether oxygens (including phenoxy) is 2. The van der Waals surface area contributed by atoms with E-state index in [1.165, 1.54) is 0 Å². The molecule has 0 unspecified atom stereocenters. The van der Waals surface area contributed by atoms with Crippen LogP contribution in [0.1, 0.15) is 21.6 Å². The SMILES string of the molecule is [2H]C[C@H]1OCC[C@@]2(CO2)[C@@H]1C. The molecule has 2 nitrogen and oxygen atoms in total. The maximum absolute atomic E-state index is 7.25. The Kier molecular flexibility index (Phi) is 1.09. The second-order valence-corrected chi connectivity index (χ2v) is 3.30. The molecule has 0 amide bonds. The standard InChI is InChI=1S/C8H14O2/c1-6-7(2)9-4-3-8(6)5-10-8/h6-7H,3-5H2,1-2H3/t6-,7-,8-/m1/s1/i2D. The van der Waals surface area contributed by atoms with Crippen LogP contribution in [0.25, 0.3) is 0 Å². The Balaban J connectivity index is 2.04. The largest absolute Gasteiger partial charge is 0.378 e. The van der Waals surface area contributed by atoms with Gasteiger partial charge in [-0.3, -0.25) is 0 Å². The van der Waals surface area contributed by atoms with Gasteiger partial charge in [0.15, 0.2) is 0 Å². The summed E-state index contributed by atoms with van der Waals surface area (Å²) < 4.78 is 18.1. The number of hydrogen-bond donors (Lipinski definition) is 0. The zero-order valence-electron chi connectivity index (χ0n) is 7.30. The summed E-state index contributed by atoms with van der Waals surface area (Å²) in [4.78, 5) is 0. The van der Waals surface area contributed by atoms with E-state index < -0.39 is 0 Å². The Morgan fingerprint density at radius 1 is 1.70 bits per heavy atom. The molecule has 1 spiro atoms. The van der Waals surface area contributed by atoms with Gasteiger partial charge in [0, 0.05) is 20.3 Å². The highest BCUT2D eigenvalue weighted by molar-refractivity contribution is 5.00. The fraction of sp³-hybridized carbons (Fsp3) is 1.00. The van der Waals surface area contributed by atoms with Gasteiger partial charge in [-0.15, -0.1) is 0 Å². The van der Waals surface area contributed by atoms with Crippen molar-refractivity contribution < 1.29 is 10.8 Å². The van der Waals surface area contributed by atoms with Crippen LogP contribution in [-0.2, 0) is 9.47 Å². The molecule has 0 bridgehead atoms. The van der Waals surface area contributed by atoms with Crippen LogP contribution in [0.4, 0.5) is 0 Å². The molecule has 2 saturated heterocycles. The van der Waals surface area contributed by atoms with E-state index in [9.17, 15) is 0 Å². The number of hydrogen-bond acceptors (Lipinski definition) is 2. The number of epoxide rings is 1. The molecule has 2 fully saturated rings. The van der Waals surface area contributed by atoms with Crippen LogP contribution >= 0.6 is 0 Å². The summed E-state index contributed by atoms with van der Waals surface area (Å²) in [5.74, 6) is 0.411. The molecule has 0 radical (unpaired) electrons. The van der Waals surface area contributed by atoms with Gasteiger partial charge < -0.3 is 9.47 Å². The molecule has 58 valence electrons. The molecular formula is C8H14O2. The molecule has 0 aromatic rings. The lowest BCUT2D eigenvalue weighted by Gasteiger charge is -2.31. The average molecular weight is 143 g/mol. The van der Waals surface area contributed by atoms with Crippen LogP contribution in [0.2, 0.25) is 0 Å². The van der Waals surface area contributed by atoms with Crippen molar-refractivity contribution in [1.82, 2.24) is 0 Å². The van der Waals surface area contributed by atoms with Crippen molar-refractivity contribution >= 4 is 0 Å². The molecule has 0 N–H and O–H groups in total. The van der Waals surface area contributed by atoms with E-state index in [4.69, 9.17) is 10.8 Å². The third-order valence-electron chi connectivity index (χ3n) is 2.76. The topological polar surface area (TPSA) is 21.8 Å². The first-order valence-electron chi connectivity index (χ1n) is 4.54. The van der Waals surface area contributed by atoms with E-state index in [-0.39, 0.29) is 11.7 Å². The van der Waals surface area contributed by atoms with Gasteiger partial charge in [0.05, 0.1) is 18.3 Å². The van der Waals surface area contributed by atoms with Crippen molar-refractivity contribution in [3.05, 3.63) is 0 Å². The minimum Gasteiger partial charge on any atom is -0.378 e. The van der Waals surface area contributed by atoms with E-state index in [1.807, 2.05) is 0 Å². The van der Waals surface area contributed by atoms with Crippen LogP contribution in [0.5, 0.6) is 0 Å². The first-order chi connectivity index (χ1) is 5.28. The van der Waals surface area contributed by atoms with Gasteiger partial charge >= 0.3 is 0 Å². The fourth-order valence-corrected chi connectivity index (χ4v) is 1.59. The van der Waals surface area contributed by atoms with E-state index in [1.54, 1.807) is 0 Å². The van der Waals surface area contributed by atoms with Gasteiger partial charge in [0.25, 0.3) is 0 Å². The molecule has 2 aliphatic rings. The average Bonchev–Trinajstić information content (AvgIpc) is 2.77. The molecule has 0 aromatic heterocycles. The molecule has 2 rings (SSSR count). The highest BCUT2D eigenvalue weighted by Gasteiger charge is 2.53. The van der Waals surface area contributed by atoms with Crippen molar-refractivity contribution in [2.75, 3.05) is 13.2 Å². The van der Waals surface area contributed by atoms with Crippen LogP contribution in [-0.4, -0.2) is 24.9 Å². The Hall–Kier alpha value is -0.0800. The molecule has 0 aliphatic carbocycles. The smallest absolute Gasteiger partial charge is 0.0988 e. The van der Waals surface area contributed by atoms with Gasteiger partial charge in [0.2, 0.25) is 0 Å². The summed E-state index contributed by atoms with van der Waals surface area (Å²) in [5.41, 5.74) is 0.115. The van der Waals surface area contributed by atoms with Crippen LogP contribution < -0.4 is 0 Å². The van der Waals surface area contributed by atoms with E-state index in [2.05, 4.69) is 6.92 Å². The fourth-order valence-electron chi connectivity index (χ4n) is 1.59. The molecule has 3 atom stereocenters. The van der Waals surface area contributed by atoms with Crippen LogP contribution in [0.3, 0.4) is 0 Å². The normalized spacial score (nSPS) is 54.7. The van der Waals surface area contributed by atoms with E-state index in [0.717, 1.165) is 19.6 Å². The van der Waals surface area contributed by atoms with E-state index in [0.29, 0.717) is 12.8 Å². The lowest BCUT2D eigenvalue weighted by Crippen LogP contribution is -2.38. The third kappa shape index (κ3) is 0.789. The maximum Gasteiger partial charge on any atom is 0.0988 e. The van der Waals surface area contributed by atoms with Crippen molar-refractivity contribution in [3.63, 3.8) is 0 Å². The lowest BCUT2D eigenvalue weighted by molar-refractivity contribution is -0.0510. The Bertz CT molecular complexity index is 156. The maximum atomic E-state index is 7.25. The molecule has 2 aliphatic heterocycles. The van der Waals surface area contributed by atoms with Crippen LogP contribution in [0.15, 0.2) is 0 Å². The molecule has 10 heavy (non-hydrogen) atoms. The second-order valence-electron chi connectivity index (χ2n) is 3.30. The molecular weight excluding hydrogens is 128 g/mol. The van der Waals surface area contributed by atoms with Crippen molar-refractivity contribution in [1.29, 1.82) is 0 Å². The summed E-state index contributed by atoms with van der Waals surface area (Å²) in [6.45, 7) is 4.15. The number of rotatable bonds is 0. The first-order valence-corrected chi connectivity index (χ1v) is 3.83. The molecule has 2 heterocycles. The van der Waals surface area contributed by atoms with Gasteiger partial charge in [-0.25, -0.2) is 0 Å². The van der Waals surface area contributed by atoms with Gasteiger partial charge in [-0.05, 0) is 6.90 Å². The van der Waals surface area contributed by atoms with Crippen LogP contribution in [0, 0.1) is 5.92 Å². The second kappa shape index (κ2) is 1.95. The summed E-state index contributed by atoms with van der Waals surface area (Å²) in [6, 6.07) is 0.